The highest BCUT2D eigenvalue weighted by Gasteiger charge is 2.16. The number of hydrogen-bond acceptors (Lipinski definition) is 4. The summed E-state index contributed by atoms with van der Waals surface area (Å²) in [5, 5.41) is 6.83. The third kappa shape index (κ3) is 2.31. The maximum Gasteiger partial charge on any atom is 0.165 e. The molecule has 2 heterocycles. The van der Waals surface area contributed by atoms with E-state index in [1.165, 1.54) is 13.2 Å². The van der Waals surface area contributed by atoms with E-state index in [0.29, 0.717) is 28.3 Å². The van der Waals surface area contributed by atoms with Crippen LogP contribution in [-0.2, 0) is 0 Å². The average Bonchev–Trinajstić information content (AvgIpc) is 2.90. The molecule has 6 heteroatoms. The Kier molecular flexibility index (Phi) is 3.27. The fourth-order valence-electron chi connectivity index (χ4n) is 2.16. The fourth-order valence-corrected chi connectivity index (χ4v) is 2.16. The van der Waals surface area contributed by atoms with Gasteiger partial charge < -0.3 is 10.5 Å². The molecule has 0 amide bonds. The predicted molar refractivity (Wildman–Crippen MR) is 78.2 cm³/mol. The summed E-state index contributed by atoms with van der Waals surface area (Å²) in [5.74, 6) is 0.0562. The number of ether oxygens (including phenoxy) is 1. The number of pyridine rings is 1. The van der Waals surface area contributed by atoms with Gasteiger partial charge in [-0.1, -0.05) is 6.07 Å². The van der Waals surface area contributed by atoms with Crippen LogP contribution >= 0.6 is 0 Å². The second-order valence-electron chi connectivity index (χ2n) is 4.42. The Balaban J connectivity index is 2.14. The number of H-pyrrole nitrogens is 1. The zero-order valence-corrected chi connectivity index (χ0v) is 11.3. The number of rotatable bonds is 3. The number of aromatic nitrogens is 3. The van der Waals surface area contributed by atoms with Crippen LogP contribution in [-0.4, -0.2) is 22.3 Å². The summed E-state index contributed by atoms with van der Waals surface area (Å²) >= 11 is 0. The molecule has 0 aliphatic heterocycles. The van der Waals surface area contributed by atoms with Crippen LogP contribution in [0.1, 0.15) is 0 Å². The summed E-state index contributed by atoms with van der Waals surface area (Å²) in [6, 6.07) is 10.2. The average molecular weight is 284 g/mol. The summed E-state index contributed by atoms with van der Waals surface area (Å²) in [7, 11) is 1.42. The standard InChI is InChI=1S/C15H13FN4O/c1-21-12-6-5-9(8-10(12)16)14-13(15(17)20-19-14)11-4-2-3-7-18-11/h2-8H,1H3,(H3,17,19,20). The van der Waals surface area contributed by atoms with Crippen LogP contribution in [0, 0.1) is 5.82 Å². The van der Waals surface area contributed by atoms with E-state index < -0.39 is 5.82 Å². The smallest absolute Gasteiger partial charge is 0.165 e. The van der Waals surface area contributed by atoms with Crippen molar-refractivity contribution >= 4 is 5.82 Å². The summed E-state index contributed by atoms with van der Waals surface area (Å²) in [5.41, 5.74) is 8.47. The maximum absolute atomic E-state index is 13.9. The normalized spacial score (nSPS) is 10.6. The molecule has 0 radical (unpaired) electrons. The number of methoxy groups -OCH3 is 1. The first-order valence-corrected chi connectivity index (χ1v) is 6.30. The van der Waals surface area contributed by atoms with Crippen LogP contribution < -0.4 is 10.5 Å². The molecule has 0 aliphatic carbocycles. The van der Waals surface area contributed by atoms with E-state index in [4.69, 9.17) is 10.5 Å². The fraction of sp³-hybridized carbons (Fsp3) is 0.0667. The van der Waals surface area contributed by atoms with Gasteiger partial charge in [-0.25, -0.2) is 4.39 Å². The van der Waals surface area contributed by atoms with Gasteiger partial charge in [-0.05, 0) is 30.3 Å². The number of benzene rings is 1. The number of anilines is 1. The molecule has 3 rings (SSSR count). The van der Waals surface area contributed by atoms with Crippen molar-refractivity contribution in [1.29, 1.82) is 0 Å². The van der Waals surface area contributed by atoms with Gasteiger partial charge in [-0.15, -0.1) is 0 Å². The summed E-state index contributed by atoms with van der Waals surface area (Å²) in [6.45, 7) is 0. The minimum Gasteiger partial charge on any atom is -0.494 e. The number of nitrogen functional groups attached to an aromatic ring is 1. The molecular formula is C15H13FN4O. The number of nitrogens with zero attached hydrogens (tertiary/aromatic N) is 2. The molecule has 21 heavy (non-hydrogen) atoms. The topological polar surface area (TPSA) is 76.8 Å². The molecule has 0 spiro atoms. The van der Waals surface area contributed by atoms with Gasteiger partial charge in [-0.2, -0.15) is 5.10 Å². The van der Waals surface area contributed by atoms with Crippen LogP contribution in [0.15, 0.2) is 42.6 Å². The molecule has 0 atom stereocenters. The van der Waals surface area contributed by atoms with E-state index in [-0.39, 0.29) is 5.75 Å². The maximum atomic E-state index is 13.9. The highest BCUT2D eigenvalue weighted by Crippen LogP contribution is 2.34. The first-order valence-electron chi connectivity index (χ1n) is 6.30. The molecule has 1 aromatic carbocycles. The second kappa shape index (κ2) is 5.24. The minimum atomic E-state index is -0.449. The lowest BCUT2D eigenvalue weighted by molar-refractivity contribution is 0.386. The second-order valence-corrected chi connectivity index (χ2v) is 4.42. The molecule has 0 saturated carbocycles. The van der Waals surface area contributed by atoms with E-state index in [1.54, 1.807) is 18.3 Å². The van der Waals surface area contributed by atoms with E-state index in [1.807, 2.05) is 18.2 Å². The Labute approximate surface area is 120 Å². The molecule has 0 fully saturated rings. The van der Waals surface area contributed by atoms with Crippen molar-refractivity contribution in [3.8, 4) is 28.3 Å². The lowest BCUT2D eigenvalue weighted by Gasteiger charge is -2.06. The number of halogens is 1. The van der Waals surface area contributed by atoms with Crippen molar-refractivity contribution < 1.29 is 9.13 Å². The third-order valence-corrected chi connectivity index (χ3v) is 3.16. The van der Waals surface area contributed by atoms with Crippen molar-refractivity contribution in [3.05, 3.63) is 48.4 Å². The monoisotopic (exact) mass is 284 g/mol. The van der Waals surface area contributed by atoms with Crippen molar-refractivity contribution in [1.82, 2.24) is 15.2 Å². The number of nitrogens with one attached hydrogen (secondary N) is 1. The summed E-state index contributed by atoms with van der Waals surface area (Å²) < 4.78 is 18.8. The Bertz CT molecular complexity index is 771. The summed E-state index contributed by atoms with van der Waals surface area (Å²) in [4.78, 5) is 4.27. The van der Waals surface area contributed by atoms with E-state index >= 15 is 0 Å². The molecule has 106 valence electrons. The first-order chi connectivity index (χ1) is 10.2. The Morgan fingerprint density at radius 3 is 2.76 bits per heavy atom. The van der Waals surface area contributed by atoms with Crippen LogP contribution in [0.2, 0.25) is 0 Å². The van der Waals surface area contributed by atoms with Gasteiger partial charge in [0.25, 0.3) is 0 Å². The number of nitrogens with two attached hydrogens (primary N) is 1. The van der Waals surface area contributed by atoms with E-state index in [2.05, 4.69) is 15.2 Å². The van der Waals surface area contributed by atoms with Gasteiger partial charge in [0.15, 0.2) is 17.4 Å². The van der Waals surface area contributed by atoms with Gasteiger partial charge in [-0.3, -0.25) is 10.1 Å². The van der Waals surface area contributed by atoms with Gasteiger partial charge in [0.1, 0.15) is 0 Å². The van der Waals surface area contributed by atoms with Crippen molar-refractivity contribution in [2.75, 3.05) is 12.8 Å². The largest absolute Gasteiger partial charge is 0.494 e. The van der Waals surface area contributed by atoms with Crippen LogP contribution in [0.25, 0.3) is 22.5 Å². The zero-order valence-electron chi connectivity index (χ0n) is 11.3. The molecule has 0 saturated heterocycles. The van der Waals surface area contributed by atoms with Gasteiger partial charge in [0, 0.05) is 11.8 Å². The van der Waals surface area contributed by atoms with Crippen LogP contribution in [0.3, 0.4) is 0 Å². The van der Waals surface area contributed by atoms with Crippen molar-refractivity contribution in [3.63, 3.8) is 0 Å². The van der Waals surface area contributed by atoms with Gasteiger partial charge >= 0.3 is 0 Å². The molecule has 3 N–H and O–H groups in total. The van der Waals surface area contributed by atoms with Crippen LogP contribution in [0.4, 0.5) is 10.2 Å². The zero-order chi connectivity index (χ0) is 14.8. The quantitative estimate of drug-likeness (QED) is 0.775. The lowest BCUT2D eigenvalue weighted by atomic mass is 10.0. The highest BCUT2D eigenvalue weighted by molar-refractivity contribution is 5.86. The van der Waals surface area contributed by atoms with E-state index in [0.717, 1.165) is 0 Å². The number of hydrogen-bond donors (Lipinski definition) is 2. The Morgan fingerprint density at radius 2 is 2.10 bits per heavy atom. The SMILES string of the molecule is COc1ccc(-c2[nH]nc(N)c2-c2ccccn2)cc1F. The molecule has 0 bridgehead atoms. The number of aromatic amines is 1. The van der Waals surface area contributed by atoms with Gasteiger partial charge in [0.05, 0.1) is 24.1 Å². The first kappa shape index (κ1) is 13.1. The Hall–Kier alpha value is -2.89. The van der Waals surface area contributed by atoms with Crippen molar-refractivity contribution in [2.45, 2.75) is 0 Å². The molecule has 0 unspecified atom stereocenters. The van der Waals surface area contributed by atoms with Crippen molar-refractivity contribution in [2.24, 2.45) is 0 Å². The molecular weight excluding hydrogens is 271 g/mol. The molecule has 3 aromatic rings. The van der Waals surface area contributed by atoms with Gasteiger partial charge in [0.2, 0.25) is 0 Å². The predicted octanol–water partition coefficient (Wildman–Crippen LogP) is 2.87. The van der Waals surface area contributed by atoms with E-state index in [9.17, 15) is 4.39 Å². The lowest BCUT2D eigenvalue weighted by Crippen LogP contribution is -1.92. The minimum absolute atomic E-state index is 0.186. The third-order valence-electron chi connectivity index (χ3n) is 3.16. The Morgan fingerprint density at radius 1 is 1.24 bits per heavy atom. The van der Waals surface area contributed by atoms with Crippen LogP contribution in [0.5, 0.6) is 5.75 Å². The molecule has 2 aromatic heterocycles. The molecule has 0 aliphatic rings. The highest BCUT2D eigenvalue weighted by atomic mass is 19.1. The summed E-state index contributed by atoms with van der Waals surface area (Å²) in [6.07, 6.45) is 1.67. The molecule has 5 nitrogen and oxygen atoms in total.